The van der Waals surface area contributed by atoms with Crippen molar-refractivity contribution in [3.8, 4) is 0 Å². The lowest BCUT2D eigenvalue weighted by Crippen LogP contribution is -2.20. The molecule has 21 heavy (non-hydrogen) atoms. The van der Waals surface area contributed by atoms with Crippen LogP contribution in [0.1, 0.15) is 24.1 Å². The molecule has 0 radical (unpaired) electrons. The quantitative estimate of drug-likeness (QED) is 0.887. The van der Waals surface area contributed by atoms with Gasteiger partial charge >= 0.3 is 0 Å². The first-order valence-electron chi connectivity index (χ1n) is 6.93. The van der Waals surface area contributed by atoms with Crippen LogP contribution in [0.15, 0.2) is 23.0 Å². The van der Waals surface area contributed by atoms with Crippen LogP contribution < -0.4 is 10.2 Å². The van der Waals surface area contributed by atoms with Crippen LogP contribution in [0.5, 0.6) is 0 Å². The molecule has 1 heterocycles. The number of nitrogens with one attached hydrogen (secondary N) is 1. The fraction of sp³-hybridized carbons (Fsp3) is 0.400. The van der Waals surface area contributed by atoms with Crippen molar-refractivity contribution < 1.29 is 8.78 Å². The second kappa shape index (κ2) is 6.07. The molecule has 1 N–H and O–H groups in total. The molecule has 0 bridgehead atoms. The van der Waals surface area contributed by atoms with E-state index >= 15 is 0 Å². The minimum Gasteiger partial charge on any atom is -0.364 e. The highest BCUT2D eigenvalue weighted by Crippen LogP contribution is 2.26. The molecule has 1 aliphatic carbocycles. The van der Waals surface area contributed by atoms with Crippen LogP contribution in [-0.2, 0) is 13.1 Å². The highest BCUT2D eigenvalue weighted by Gasteiger charge is 2.21. The summed E-state index contributed by atoms with van der Waals surface area (Å²) in [5.41, 5.74) is 3.16. The summed E-state index contributed by atoms with van der Waals surface area (Å²) in [6.45, 7) is 0.894. The van der Waals surface area contributed by atoms with Crippen molar-refractivity contribution in [1.82, 2.24) is 10.3 Å². The molecule has 2 aromatic rings. The smallest absolute Gasteiger partial charge is 0.149 e. The van der Waals surface area contributed by atoms with Crippen LogP contribution in [-0.4, -0.2) is 18.1 Å². The Labute approximate surface area is 126 Å². The number of nitrogens with zero attached hydrogens (tertiary/aromatic N) is 2. The Morgan fingerprint density at radius 1 is 1.33 bits per heavy atom. The lowest BCUT2D eigenvalue weighted by Gasteiger charge is -2.20. The molecule has 0 saturated heterocycles. The van der Waals surface area contributed by atoms with Crippen LogP contribution in [0.25, 0.3) is 0 Å². The van der Waals surface area contributed by atoms with Crippen LogP contribution in [0.3, 0.4) is 0 Å². The number of aromatic nitrogens is 1. The topological polar surface area (TPSA) is 28.2 Å². The molecule has 3 nitrogen and oxygen atoms in total. The van der Waals surface area contributed by atoms with Gasteiger partial charge in [0.1, 0.15) is 17.3 Å². The van der Waals surface area contributed by atoms with E-state index in [0.29, 0.717) is 24.7 Å². The maximum absolute atomic E-state index is 14.2. The molecule has 0 amide bonds. The van der Waals surface area contributed by atoms with Crippen molar-refractivity contribution >= 4 is 17.0 Å². The number of halogens is 2. The van der Waals surface area contributed by atoms with Gasteiger partial charge in [-0.25, -0.2) is 13.8 Å². The maximum Gasteiger partial charge on any atom is 0.149 e. The molecule has 0 spiro atoms. The SMILES string of the molecule is CN(Cc1cscn1)c1c(F)cc(CNC2CC2)cc1F. The van der Waals surface area contributed by atoms with Crippen molar-refractivity contribution in [3.63, 3.8) is 0 Å². The molecule has 0 atom stereocenters. The summed E-state index contributed by atoms with van der Waals surface area (Å²) in [5, 5.41) is 5.13. The number of hydrogen-bond acceptors (Lipinski definition) is 4. The average Bonchev–Trinajstić information content (AvgIpc) is 3.12. The normalized spacial score (nSPS) is 14.4. The zero-order chi connectivity index (χ0) is 14.8. The summed E-state index contributed by atoms with van der Waals surface area (Å²) in [6.07, 6.45) is 2.30. The molecule has 3 rings (SSSR count). The van der Waals surface area contributed by atoms with Crippen LogP contribution in [0.4, 0.5) is 14.5 Å². The summed E-state index contributed by atoms with van der Waals surface area (Å²) >= 11 is 1.47. The van der Waals surface area contributed by atoms with Gasteiger partial charge in [-0.05, 0) is 30.5 Å². The van der Waals surface area contributed by atoms with E-state index in [4.69, 9.17) is 0 Å². The van der Waals surface area contributed by atoms with E-state index in [1.54, 1.807) is 17.5 Å². The Kier molecular flexibility index (Phi) is 4.17. The van der Waals surface area contributed by atoms with Crippen molar-refractivity contribution in [1.29, 1.82) is 0 Å². The molecule has 1 aromatic carbocycles. The maximum atomic E-state index is 14.2. The Balaban J connectivity index is 1.74. The zero-order valence-electron chi connectivity index (χ0n) is 11.8. The van der Waals surface area contributed by atoms with Gasteiger partial charge in [-0.3, -0.25) is 0 Å². The second-order valence-corrected chi connectivity index (χ2v) is 6.12. The van der Waals surface area contributed by atoms with Gasteiger partial charge in [0.2, 0.25) is 0 Å². The van der Waals surface area contributed by atoms with Crippen LogP contribution >= 0.6 is 11.3 Å². The average molecular weight is 309 g/mol. The fourth-order valence-corrected chi connectivity index (χ4v) is 2.82. The molecule has 1 aliphatic rings. The van der Waals surface area contributed by atoms with E-state index in [1.807, 2.05) is 5.38 Å². The third-order valence-corrected chi connectivity index (χ3v) is 4.15. The highest BCUT2D eigenvalue weighted by molar-refractivity contribution is 7.07. The standard InChI is InChI=1S/C15H17F2N3S/c1-20(7-12-8-21-9-19-12)15-13(16)4-10(5-14(15)17)6-18-11-2-3-11/h4-5,8-9,11,18H,2-3,6-7H2,1H3. The first-order chi connectivity index (χ1) is 10.1. The predicted molar refractivity (Wildman–Crippen MR) is 80.4 cm³/mol. The van der Waals surface area contributed by atoms with Gasteiger partial charge < -0.3 is 10.2 Å². The van der Waals surface area contributed by atoms with Crippen molar-refractivity contribution in [2.75, 3.05) is 11.9 Å². The first-order valence-corrected chi connectivity index (χ1v) is 7.87. The van der Waals surface area contributed by atoms with Gasteiger partial charge in [-0.2, -0.15) is 0 Å². The number of rotatable bonds is 6. The molecule has 1 aromatic heterocycles. The lowest BCUT2D eigenvalue weighted by atomic mass is 10.1. The van der Waals surface area contributed by atoms with Crippen molar-refractivity contribution in [3.05, 3.63) is 45.9 Å². The molecule has 1 fully saturated rings. The number of hydrogen-bond donors (Lipinski definition) is 1. The van der Waals surface area contributed by atoms with Gasteiger partial charge in [-0.1, -0.05) is 0 Å². The third kappa shape index (κ3) is 3.57. The summed E-state index contributed by atoms with van der Waals surface area (Å²) in [7, 11) is 1.67. The van der Waals surface area contributed by atoms with Gasteiger partial charge in [0.25, 0.3) is 0 Å². The molecule has 0 unspecified atom stereocenters. The van der Waals surface area contributed by atoms with E-state index in [2.05, 4.69) is 10.3 Å². The third-order valence-electron chi connectivity index (χ3n) is 3.51. The number of anilines is 1. The molecular formula is C15H17F2N3S. The molecule has 112 valence electrons. The summed E-state index contributed by atoms with van der Waals surface area (Å²) in [5.74, 6) is -1.05. The van der Waals surface area contributed by atoms with Crippen molar-refractivity contribution in [2.24, 2.45) is 0 Å². The van der Waals surface area contributed by atoms with E-state index < -0.39 is 11.6 Å². The Hall–Kier alpha value is -1.53. The van der Waals surface area contributed by atoms with Crippen LogP contribution in [0.2, 0.25) is 0 Å². The largest absolute Gasteiger partial charge is 0.364 e. The monoisotopic (exact) mass is 309 g/mol. The lowest BCUT2D eigenvalue weighted by molar-refractivity contribution is 0.568. The zero-order valence-corrected chi connectivity index (χ0v) is 12.6. The minimum absolute atomic E-state index is 0.00169. The Morgan fingerprint density at radius 2 is 2.05 bits per heavy atom. The molecular weight excluding hydrogens is 292 g/mol. The summed E-state index contributed by atoms with van der Waals surface area (Å²) < 4.78 is 28.4. The van der Waals surface area contributed by atoms with Gasteiger partial charge in [0.05, 0.1) is 17.7 Å². The Bertz CT molecular complexity index is 588. The van der Waals surface area contributed by atoms with E-state index in [9.17, 15) is 8.78 Å². The highest BCUT2D eigenvalue weighted by atomic mass is 32.1. The second-order valence-electron chi connectivity index (χ2n) is 5.40. The van der Waals surface area contributed by atoms with Gasteiger partial charge in [0.15, 0.2) is 0 Å². The van der Waals surface area contributed by atoms with Gasteiger partial charge in [-0.15, -0.1) is 11.3 Å². The fourth-order valence-electron chi connectivity index (χ4n) is 2.27. The van der Waals surface area contributed by atoms with Gasteiger partial charge in [0, 0.05) is 25.0 Å². The van der Waals surface area contributed by atoms with Crippen molar-refractivity contribution in [2.45, 2.75) is 32.0 Å². The minimum atomic E-state index is -0.527. The summed E-state index contributed by atoms with van der Waals surface area (Å²) in [6, 6.07) is 3.33. The first kappa shape index (κ1) is 14.4. The molecule has 0 aliphatic heterocycles. The van der Waals surface area contributed by atoms with E-state index in [1.165, 1.54) is 23.5 Å². The summed E-state index contributed by atoms with van der Waals surface area (Å²) in [4.78, 5) is 5.69. The molecule has 1 saturated carbocycles. The number of thiazole rings is 1. The molecule has 6 heteroatoms. The van der Waals surface area contributed by atoms with E-state index in [-0.39, 0.29) is 5.69 Å². The number of benzene rings is 1. The Morgan fingerprint density at radius 3 is 2.62 bits per heavy atom. The van der Waals surface area contributed by atoms with E-state index in [0.717, 1.165) is 18.5 Å². The van der Waals surface area contributed by atoms with Crippen LogP contribution in [0, 0.1) is 11.6 Å². The predicted octanol–water partition coefficient (Wildman–Crippen LogP) is 3.31.